The second-order valence-corrected chi connectivity index (χ2v) is 4.10. The molecule has 8 nitrogen and oxygen atoms in total. The fraction of sp³-hybridized carbons (Fsp3) is 0.600. The Hall–Kier alpha value is -1.96. The molecule has 98 valence electrons. The predicted octanol–water partition coefficient (Wildman–Crippen LogP) is 0.237. The Labute approximate surface area is 103 Å². The van der Waals surface area contributed by atoms with Crippen LogP contribution in [0.15, 0.2) is 6.20 Å². The molecule has 0 radical (unpaired) electrons. The minimum Gasteiger partial charge on any atom is -0.376 e. The van der Waals surface area contributed by atoms with E-state index in [1.807, 2.05) is 0 Å². The molecule has 18 heavy (non-hydrogen) atoms. The Bertz CT molecular complexity index is 464. The van der Waals surface area contributed by atoms with Gasteiger partial charge in [-0.05, 0) is 12.8 Å². The van der Waals surface area contributed by atoms with Crippen LogP contribution in [0.5, 0.6) is 0 Å². The molecular formula is C10H14N4O4. The number of nitrogens with one attached hydrogen (secondary N) is 1. The van der Waals surface area contributed by atoms with Crippen LogP contribution >= 0.6 is 0 Å². The molecule has 1 aliphatic rings. The van der Waals surface area contributed by atoms with Crippen molar-refractivity contribution in [2.45, 2.75) is 18.9 Å². The van der Waals surface area contributed by atoms with E-state index in [4.69, 9.17) is 4.74 Å². The van der Waals surface area contributed by atoms with Gasteiger partial charge in [0.15, 0.2) is 0 Å². The lowest BCUT2D eigenvalue weighted by Crippen LogP contribution is -2.33. The van der Waals surface area contributed by atoms with Crippen molar-refractivity contribution in [3.8, 4) is 0 Å². The van der Waals surface area contributed by atoms with Crippen LogP contribution in [0.2, 0.25) is 0 Å². The van der Waals surface area contributed by atoms with E-state index in [2.05, 4.69) is 10.4 Å². The fourth-order valence-corrected chi connectivity index (χ4v) is 1.92. The van der Waals surface area contributed by atoms with Crippen molar-refractivity contribution >= 4 is 11.6 Å². The minimum absolute atomic E-state index is 0.00114. The number of amides is 1. The summed E-state index contributed by atoms with van der Waals surface area (Å²) in [5.74, 6) is -0.503. The maximum Gasteiger partial charge on any atom is 0.320 e. The van der Waals surface area contributed by atoms with Crippen LogP contribution in [-0.4, -0.2) is 39.9 Å². The third-order valence-corrected chi connectivity index (χ3v) is 2.85. The van der Waals surface area contributed by atoms with Gasteiger partial charge in [-0.15, -0.1) is 0 Å². The van der Waals surface area contributed by atoms with Gasteiger partial charge in [0.25, 0.3) is 5.91 Å². The molecular weight excluding hydrogens is 240 g/mol. The largest absolute Gasteiger partial charge is 0.376 e. The van der Waals surface area contributed by atoms with Gasteiger partial charge in [-0.1, -0.05) is 0 Å². The topological polar surface area (TPSA) is 99.3 Å². The smallest absolute Gasteiger partial charge is 0.320 e. The number of hydrogen-bond donors (Lipinski definition) is 1. The van der Waals surface area contributed by atoms with Crippen LogP contribution in [0, 0.1) is 10.1 Å². The first-order valence-corrected chi connectivity index (χ1v) is 5.66. The monoisotopic (exact) mass is 254 g/mol. The third-order valence-electron chi connectivity index (χ3n) is 2.85. The number of rotatable bonds is 4. The summed E-state index contributed by atoms with van der Waals surface area (Å²) in [7, 11) is 1.49. The number of nitrogens with zero attached hydrogens (tertiary/aromatic N) is 3. The highest BCUT2D eigenvalue weighted by Crippen LogP contribution is 2.17. The molecule has 1 aromatic rings. The first-order chi connectivity index (χ1) is 8.59. The first-order valence-electron chi connectivity index (χ1n) is 5.66. The summed E-state index contributed by atoms with van der Waals surface area (Å²) in [5, 5.41) is 17.1. The van der Waals surface area contributed by atoms with Gasteiger partial charge in [-0.3, -0.25) is 19.6 Å². The van der Waals surface area contributed by atoms with Crippen LogP contribution in [0.4, 0.5) is 5.69 Å². The summed E-state index contributed by atoms with van der Waals surface area (Å²) >= 11 is 0. The molecule has 0 aromatic carbocycles. The number of aryl methyl sites for hydroxylation is 1. The Kier molecular flexibility index (Phi) is 3.56. The van der Waals surface area contributed by atoms with Crippen LogP contribution in [0.3, 0.4) is 0 Å². The maximum absolute atomic E-state index is 11.9. The molecule has 1 atom stereocenters. The molecule has 2 heterocycles. The van der Waals surface area contributed by atoms with E-state index in [0.717, 1.165) is 19.0 Å². The van der Waals surface area contributed by atoms with E-state index in [1.165, 1.54) is 11.7 Å². The van der Waals surface area contributed by atoms with Gasteiger partial charge < -0.3 is 10.1 Å². The summed E-state index contributed by atoms with van der Waals surface area (Å²) in [5.41, 5.74) is -0.333. The molecule has 1 saturated heterocycles. The Balaban J connectivity index is 2.03. The van der Waals surface area contributed by atoms with E-state index < -0.39 is 10.8 Å². The fourth-order valence-electron chi connectivity index (χ4n) is 1.92. The first kappa shape index (κ1) is 12.5. The molecule has 2 rings (SSSR count). The number of carbonyl (C=O) groups is 1. The second-order valence-electron chi connectivity index (χ2n) is 4.10. The number of carbonyl (C=O) groups excluding carboxylic acids is 1. The van der Waals surface area contributed by atoms with Crippen molar-refractivity contribution in [3.05, 3.63) is 22.0 Å². The molecule has 1 amide bonds. The van der Waals surface area contributed by atoms with Crippen LogP contribution < -0.4 is 5.32 Å². The van der Waals surface area contributed by atoms with Gasteiger partial charge in [0.2, 0.25) is 5.69 Å². The van der Waals surface area contributed by atoms with Gasteiger partial charge >= 0.3 is 5.69 Å². The maximum atomic E-state index is 11.9. The van der Waals surface area contributed by atoms with Gasteiger partial charge in [-0.25, -0.2) is 0 Å². The van der Waals surface area contributed by atoms with Crippen molar-refractivity contribution in [3.63, 3.8) is 0 Å². The number of ether oxygens (including phenoxy) is 1. The zero-order valence-electron chi connectivity index (χ0n) is 9.96. The van der Waals surface area contributed by atoms with Gasteiger partial charge in [0.1, 0.15) is 6.20 Å². The molecule has 1 aromatic heterocycles. The zero-order valence-corrected chi connectivity index (χ0v) is 9.96. The summed E-state index contributed by atoms with van der Waals surface area (Å²) in [6.45, 7) is 1.06. The van der Waals surface area contributed by atoms with E-state index >= 15 is 0 Å². The Morgan fingerprint density at radius 3 is 3.17 bits per heavy atom. The molecule has 0 spiro atoms. The van der Waals surface area contributed by atoms with Crippen molar-refractivity contribution in [1.29, 1.82) is 0 Å². The number of hydrogen-bond acceptors (Lipinski definition) is 5. The van der Waals surface area contributed by atoms with E-state index in [1.54, 1.807) is 0 Å². The molecule has 0 aliphatic carbocycles. The third kappa shape index (κ3) is 2.48. The number of aromatic nitrogens is 2. The van der Waals surface area contributed by atoms with E-state index in [-0.39, 0.29) is 17.5 Å². The highest BCUT2D eigenvalue weighted by atomic mass is 16.6. The van der Waals surface area contributed by atoms with E-state index in [9.17, 15) is 14.9 Å². The minimum atomic E-state index is -0.617. The second kappa shape index (κ2) is 5.13. The van der Waals surface area contributed by atoms with Crippen LogP contribution in [0.25, 0.3) is 0 Å². The summed E-state index contributed by atoms with van der Waals surface area (Å²) in [6.07, 6.45) is 2.95. The quantitative estimate of drug-likeness (QED) is 0.612. The highest BCUT2D eigenvalue weighted by Gasteiger charge is 2.26. The summed E-state index contributed by atoms with van der Waals surface area (Å²) in [6, 6.07) is 0. The molecule has 0 unspecified atom stereocenters. The molecule has 1 N–H and O–H groups in total. The average Bonchev–Trinajstić information content (AvgIpc) is 2.94. The van der Waals surface area contributed by atoms with E-state index in [0.29, 0.717) is 13.2 Å². The standard InChI is InChI=1S/C10H14N4O4/c1-13-9(8(6-12-13)14(16)17)10(15)11-5-7-3-2-4-18-7/h6-7H,2-5H2,1H3,(H,11,15)/t7-/m0/s1. The lowest BCUT2D eigenvalue weighted by Gasteiger charge is -2.10. The number of nitro groups is 1. The molecule has 0 saturated carbocycles. The Morgan fingerprint density at radius 1 is 1.78 bits per heavy atom. The zero-order chi connectivity index (χ0) is 13.1. The van der Waals surface area contributed by atoms with Gasteiger partial charge in [0.05, 0.1) is 11.0 Å². The SMILES string of the molecule is Cn1ncc([N+](=O)[O-])c1C(=O)NC[C@@H]1CCCO1. The highest BCUT2D eigenvalue weighted by molar-refractivity contribution is 5.96. The van der Waals surface area contributed by atoms with Crippen molar-refractivity contribution < 1.29 is 14.5 Å². The summed E-state index contributed by atoms with van der Waals surface area (Å²) in [4.78, 5) is 22.0. The van der Waals surface area contributed by atoms with Gasteiger partial charge in [0, 0.05) is 20.2 Å². The summed E-state index contributed by atoms with van der Waals surface area (Å²) < 4.78 is 6.55. The normalized spacial score (nSPS) is 18.8. The predicted molar refractivity (Wildman–Crippen MR) is 61.2 cm³/mol. The van der Waals surface area contributed by atoms with Crippen LogP contribution in [0.1, 0.15) is 23.3 Å². The molecule has 1 fully saturated rings. The van der Waals surface area contributed by atoms with Crippen molar-refractivity contribution in [1.82, 2.24) is 15.1 Å². The Morgan fingerprint density at radius 2 is 2.56 bits per heavy atom. The van der Waals surface area contributed by atoms with Crippen molar-refractivity contribution in [2.75, 3.05) is 13.2 Å². The average molecular weight is 254 g/mol. The lowest BCUT2D eigenvalue weighted by molar-refractivity contribution is -0.385. The lowest BCUT2D eigenvalue weighted by atomic mass is 10.2. The van der Waals surface area contributed by atoms with Gasteiger partial charge in [-0.2, -0.15) is 5.10 Å². The van der Waals surface area contributed by atoms with Crippen LogP contribution in [-0.2, 0) is 11.8 Å². The molecule has 0 bridgehead atoms. The van der Waals surface area contributed by atoms with Crippen molar-refractivity contribution in [2.24, 2.45) is 7.05 Å². The molecule has 8 heteroatoms. The molecule has 1 aliphatic heterocycles.